The monoisotopic (exact) mass is 581 g/mol. The molecular formula is C25H26Cl3N5O3S. The van der Waals surface area contributed by atoms with Gasteiger partial charge in [-0.05, 0) is 36.4 Å². The first-order valence-corrected chi connectivity index (χ1v) is 13.6. The van der Waals surface area contributed by atoms with Gasteiger partial charge in [-0.15, -0.1) is 11.3 Å². The number of nitrogens with one attached hydrogen (secondary N) is 1. The average molecular weight is 583 g/mol. The predicted molar refractivity (Wildman–Crippen MR) is 149 cm³/mol. The van der Waals surface area contributed by atoms with Gasteiger partial charge in [-0.1, -0.05) is 40.9 Å². The van der Waals surface area contributed by atoms with Gasteiger partial charge in [0.25, 0.3) is 5.91 Å². The molecule has 2 aromatic carbocycles. The first-order valence-electron chi connectivity index (χ1n) is 11.6. The molecule has 1 fully saturated rings. The molecule has 3 amide bonds. The molecule has 1 aromatic heterocycles. The number of urea groups is 1. The molecule has 1 saturated heterocycles. The van der Waals surface area contributed by atoms with E-state index in [2.05, 4.69) is 15.2 Å². The summed E-state index contributed by atoms with van der Waals surface area (Å²) < 4.78 is 5.17. The van der Waals surface area contributed by atoms with Crippen LogP contribution in [0.3, 0.4) is 0 Å². The highest BCUT2D eigenvalue weighted by Gasteiger charge is 2.25. The van der Waals surface area contributed by atoms with Gasteiger partial charge in [-0.2, -0.15) is 0 Å². The van der Waals surface area contributed by atoms with E-state index in [1.54, 1.807) is 40.5 Å². The summed E-state index contributed by atoms with van der Waals surface area (Å²) in [5, 5.41) is 6.66. The lowest BCUT2D eigenvalue weighted by Crippen LogP contribution is -2.48. The number of halogens is 3. The molecule has 3 aromatic rings. The molecule has 0 spiro atoms. The highest BCUT2D eigenvalue weighted by atomic mass is 35.5. The highest BCUT2D eigenvalue weighted by molar-refractivity contribution is 7.09. The van der Waals surface area contributed by atoms with Crippen LogP contribution in [0.2, 0.25) is 15.1 Å². The minimum Gasteiger partial charge on any atom is -0.383 e. The molecule has 196 valence electrons. The van der Waals surface area contributed by atoms with E-state index < -0.39 is 0 Å². The molecule has 0 atom stereocenters. The Labute approximate surface area is 234 Å². The smallest absolute Gasteiger partial charge is 0.322 e. The van der Waals surface area contributed by atoms with Crippen LogP contribution in [0, 0.1) is 0 Å². The third kappa shape index (κ3) is 7.27. The number of carbonyl (C=O) groups excluding carboxylic acids is 2. The van der Waals surface area contributed by atoms with E-state index in [9.17, 15) is 9.59 Å². The van der Waals surface area contributed by atoms with Crippen molar-refractivity contribution in [2.45, 2.75) is 6.54 Å². The van der Waals surface area contributed by atoms with Crippen molar-refractivity contribution >= 4 is 69.5 Å². The lowest BCUT2D eigenvalue weighted by atomic mass is 10.2. The summed E-state index contributed by atoms with van der Waals surface area (Å²) in [5.41, 5.74) is 1.95. The maximum atomic E-state index is 13.1. The predicted octanol–water partition coefficient (Wildman–Crippen LogP) is 5.75. The molecule has 1 N–H and O–H groups in total. The maximum Gasteiger partial charge on any atom is 0.322 e. The van der Waals surface area contributed by atoms with Crippen molar-refractivity contribution in [2.75, 3.05) is 56.7 Å². The molecule has 37 heavy (non-hydrogen) atoms. The number of rotatable bonds is 8. The van der Waals surface area contributed by atoms with Crippen LogP contribution in [-0.2, 0) is 11.3 Å². The summed E-state index contributed by atoms with van der Waals surface area (Å²) in [6, 6.07) is 12.3. The quantitative estimate of drug-likeness (QED) is 0.366. The van der Waals surface area contributed by atoms with Crippen LogP contribution in [0.4, 0.5) is 16.2 Å². The fraction of sp³-hybridized carbons (Fsp3) is 0.320. The van der Waals surface area contributed by atoms with E-state index in [1.165, 1.54) is 11.3 Å². The number of carbonyl (C=O) groups is 2. The summed E-state index contributed by atoms with van der Waals surface area (Å²) in [5.74, 6) is -0.114. The molecule has 0 saturated carbocycles. The second kappa shape index (κ2) is 12.8. The first-order chi connectivity index (χ1) is 17.8. The minimum absolute atomic E-state index is 0.114. The normalized spacial score (nSPS) is 13.5. The zero-order chi connectivity index (χ0) is 26.4. The SMILES string of the molecule is COCCN(Cc1nc(C(=O)N2CCN(c3cccc(Cl)c3)CC2)cs1)C(=O)Nc1ccc(Cl)c(Cl)c1. The molecule has 0 aliphatic carbocycles. The number of piperazine rings is 1. The van der Waals surface area contributed by atoms with E-state index in [-0.39, 0.29) is 18.5 Å². The number of hydrogen-bond donors (Lipinski definition) is 1. The number of thiazole rings is 1. The summed E-state index contributed by atoms with van der Waals surface area (Å²) in [6.07, 6.45) is 0. The van der Waals surface area contributed by atoms with Gasteiger partial charge in [0, 0.05) is 61.6 Å². The van der Waals surface area contributed by atoms with E-state index >= 15 is 0 Å². The molecular weight excluding hydrogens is 557 g/mol. The summed E-state index contributed by atoms with van der Waals surface area (Å²) in [7, 11) is 1.57. The van der Waals surface area contributed by atoms with Crippen molar-refractivity contribution in [3.8, 4) is 0 Å². The second-order valence-corrected chi connectivity index (χ2v) is 10.6. The standard InChI is InChI=1S/C25H26Cl3N5O3S/c1-36-12-11-33(25(35)29-18-5-6-20(27)21(28)14-18)15-23-30-22(16-37-23)24(34)32-9-7-31(8-10-32)19-4-2-3-17(26)13-19/h2-6,13-14,16H,7-12,15H2,1H3,(H,29,35). The van der Waals surface area contributed by atoms with Gasteiger partial charge in [0.1, 0.15) is 10.7 Å². The number of methoxy groups -OCH3 is 1. The molecule has 4 rings (SSSR count). The number of anilines is 2. The molecule has 0 radical (unpaired) electrons. The van der Waals surface area contributed by atoms with Crippen LogP contribution in [-0.4, -0.2) is 73.2 Å². The third-order valence-electron chi connectivity index (χ3n) is 5.86. The van der Waals surface area contributed by atoms with Crippen molar-refractivity contribution in [1.82, 2.24) is 14.8 Å². The fourth-order valence-electron chi connectivity index (χ4n) is 3.88. The number of aromatic nitrogens is 1. The molecule has 2 heterocycles. The van der Waals surface area contributed by atoms with E-state index in [0.29, 0.717) is 70.8 Å². The van der Waals surface area contributed by atoms with Gasteiger partial charge >= 0.3 is 6.03 Å². The Hall–Kier alpha value is -2.56. The summed E-state index contributed by atoms with van der Waals surface area (Å²) in [6.45, 7) is 3.53. The van der Waals surface area contributed by atoms with Crippen molar-refractivity contribution in [3.05, 3.63) is 73.6 Å². The van der Waals surface area contributed by atoms with Crippen LogP contribution < -0.4 is 10.2 Å². The minimum atomic E-state index is -0.337. The highest BCUT2D eigenvalue weighted by Crippen LogP contribution is 2.26. The Bertz CT molecular complexity index is 1250. The third-order valence-corrected chi connectivity index (χ3v) is 7.67. The topological polar surface area (TPSA) is 78.0 Å². The zero-order valence-electron chi connectivity index (χ0n) is 20.1. The summed E-state index contributed by atoms with van der Waals surface area (Å²) >= 11 is 19.5. The van der Waals surface area contributed by atoms with Crippen LogP contribution in [0.1, 0.15) is 15.5 Å². The van der Waals surface area contributed by atoms with Gasteiger partial charge in [-0.3, -0.25) is 4.79 Å². The van der Waals surface area contributed by atoms with Crippen LogP contribution in [0.25, 0.3) is 0 Å². The number of nitrogens with zero attached hydrogens (tertiary/aromatic N) is 4. The van der Waals surface area contributed by atoms with Crippen LogP contribution in [0.15, 0.2) is 47.8 Å². The molecule has 1 aliphatic heterocycles. The zero-order valence-corrected chi connectivity index (χ0v) is 23.2. The Morgan fingerprint density at radius 2 is 1.86 bits per heavy atom. The number of amides is 3. The van der Waals surface area contributed by atoms with Crippen LogP contribution in [0.5, 0.6) is 0 Å². The van der Waals surface area contributed by atoms with Gasteiger partial charge < -0.3 is 24.8 Å². The summed E-state index contributed by atoms with van der Waals surface area (Å²) in [4.78, 5) is 36.2. The van der Waals surface area contributed by atoms with Gasteiger partial charge in [-0.25, -0.2) is 9.78 Å². The van der Waals surface area contributed by atoms with Crippen molar-refractivity contribution < 1.29 is 14.3 Å². The van der Waals surface area contributed by atoms with Crippen LogP contribution >= 0.6 is 46.1 Å². The van der Waals surface area contributed by atoms with Gasteiger partial charge in [0.2, 0.25) is 0 Å². The van der Waals surface area contributed by atoms with Crippen molar-refractivity contribution in [1.29, 1.82) is 0 Å². The van der Waals surface area contributed by atoms with Crippen molar-refractivity contribution in [3.63, 3.8) is 0 Å². The number of ether oxygens (including phenoxy) is 1. The van der Waals surface area contributed by atoms with Gasteiger partial charge in [0.05, 0.1) is 23.2 Å². The average Bonchev–Trinajstić information content (AvgIpc) is 3.37. The Balaban J connectivity index is 1.36. The molecule has 0 unspecified atom stereocenters. The lowest BCUT2D eigenvalue weighted by molar-refractivity contribution is 0.0741. The van der Waals surface area contributed by atoms with E-state index in [0.717, 1.165) is 5.69 Å². The lowest BCUT2D eigenvalue weighted by Gasteiger charge is -2.35. The van der Waals surface area contributed by atoms with Gasteiger partial charge in [0.15, 0.2) is 0 Å². The second-order valence-electron chi connectivity index (χ2n) is 8.36. The maximum absolute atomic E-state index is 13.1. The molecule has 0 bridgehead atoms. The molecule has 1 aliphatic rings. The van der Waals surface area contributed by atoms with Crippen molar-refractivity contribution in [2.24, 2.45) is 0 Å². The van der Waals surface area contributed by atoms with E-state index in [4.69, 9.17) is 39.5 Å². The molecule has 8 nitrogen and oxygen atoms in total. The number of benzene rings is 2. The molecule has 12 heteroatoms. The Kier molecular flexibility index (Phi) is 9.50. The first kappa shape index (κ1) is 27.5. The Morgan fingerprint density at radius 1 is 1.08 bits per heavy atom. The Morgan fingerprint density at radius 3 is 2.57 bits per heavy atom. The number of hydrogen-bond acceptors (Lipinski definition) is 6. The van der Waals surface area contributed by atoms with E-state index in [1.807, 2.05) is 24.3 Å². The largest absolute Gasteiger partial charge is 0.383 e. The fourth-order valence-corrected chi connectivity index (χ4v) is 5.14.